The van der Waals surface area contributed by atoms with E-state index in [2.05, 4.69) is 21.2 Å². The molecule has 0 bridgehead atoms. The third-order valence-electron chi connectivity index (χ3n) is 2.63. The number of hydrogen-bond donors (Lipinski definition) is 2. The highest BCUT2D eigenvalue weighted by Gasteiger charge is 2.18. The molecule has 0 saturated heterocycles. The van der Waals surface area contributed by atoms with Crippen LogP contribution >= 0.6 is 15.9 Å². The fourth-order valence-corrected chi connectivity index (χ4v) is 2.16. The number of carbonyl (C=O) groups is 1. The van der Waals surface area contributed by atoms with Gasteiger partial charge in [0.15, 0.2) is 0 Å². The third kappa shape index (κ3) is 3.16. The number of hydrogen-bond acceptors (Lipinski definition) is 4. The number of halogens is 2. The molecule has 0 spiro atoms. The van der Waals surface area contributed by atoms with Crippen LogP contribution < -0.4 is 5.32 Å². The summed E-state index contributed by atoms with van der Waals surface area (Å²) in [5.41, 5.74) is -0.603. The predicted octanol–water partition coefficient (Wildman–Crippen LogP) is 3.45. The Morgan fingerprint density at radius 1 is 1.33 bits per heavy atom. The monoisotopic (exact) mass is 354 g/mol. The summed E-state index contributed by atoms with van der Waals surface area (Å²) in [6.45, 7) is 0. The number of nitrogens with zero attached hydrogens (tertiary/aromatic N) is 1. The summed E-state index contributed by atoms with van der Waals surface area (Å²) < 4.78 is 13.9. The minimum Gasteiger partial charge on any atom is -0.506 e. The molecule has 8 heteroatoms. The molecule has 21 heavy (non-hydrogen) atoms. The lowest BCUT2D eigenvalue weighted by Gasteiger charge is -2.09. The van der Waals surface area contributed by atoms with Crippen molar-refractivity contribution in [3.8, 4) is 5.75 Å². The van der Waals surface area contributed by atoms with Crippen molar-refractivity contribution in [2.45, 2.75) is 0 Å². The molecule has 108 valence electrons. The minimum absolute atomic E-state index is 0.0549. The first-order chi connectivity index (χ1) is 9.90. The number of phenols is 1. The Morgan fingerprint density at radius 2 is 2.05 bits per heavy atom. The maximum absolute atomic E-state index is 13.6. The smallest absolute Gasteiger partial charge is 0.273 e. The molecule has 0 atom stereocenters. The Labute approximate surface area is 126 Å². The number of non-ortho nitro benzene ring substituents is 1. The van der Waals surface area contributed by atoms with E-state index in [1.54, 1.807) is 0 Å². The largest absolute Gasteiger partial charge is 0.506 e. The van der Waals surface area contributed by atoms with Crippen LogP contribution in [0.4, 0.5) is 15.8 Å². The molecule has 1 amide bonds. The molecule has 0 aromatic heterocycles. The SMILES string of the molecule is O=C(Nc1ccc([N+](=O)[O-])cc1O)c1c(F)cccc1Br. The molecule has 0 aliphatic rings. The molecule has 2 aromatic carbocycles. The molecule has 0 aliphatic heterocycles. The van der Waals surface area contributed by atoms with Crippen LogP contribution in [0.1, 0.15) is 10.4 Å². The van der Waals surface area contributed by atoms with Crippen molar-refractivity contribution in [2.24, 2.45) is 0 Å². The summed E-state index contributed by atoms with van der Waals surface area (Å²) in [5.74, 6) is -2.00. The number of carbonyl (C=O) groups excluding carboxylic acids is 1. The van der Waals surface area contributed by atoms with Gasteiger partial charge in [0.25, 0.3) is 11.6 Å². The van der Waals surface area contributed by atoms with Crippen LogP contribution in [0.3, 0.4) is 0 Å². The van der Waals surface area contributed by atoms with E-state index in [0.717, 1.165) is 18.2 Å². The molecule has 0 heterocycles. The van der Waals surface area contributed by atoms with Crippen molar-refractivity contribution >= 4 is 33.2 Å². The van der Waals surface area contributed by atoms with Gasteiger partial charge in [0, 0.05) is 10.5 Å². The maximum atomic E-state index is 13.6. The highest BCUT2D eigenvalue weighted by atomic mass is 79.9. The van der Waals surface area contributed by atoms with Gasteiger partial charge in [-0.1, -0.05) is 6.07 Å². The minimum atomic E-state index is -0.788. The topological polar surface area (TPSA) is 92.5 Å². The van der Waals surface area contributed by atoms with Gasteiger partial charge in [-0.2, -0.15) is 0 Å². The van der Waals surface area contributed by atoms with Gasteiger partial charge in [-0.25, -0.2) is 4.39 Å². The molecule has 2 aromatic rings. The van der Waals surface area contributed by atoms with Crippen LogP contribution in [0.5, 0.6) is 5.75 Å². The average molecular weight is 355 g/mol. The van der Waals surface area contributed by atoms with E-state index >= 15 is 0 Å². The highest BCUT2D eigenvalue weighted by molar-refractivity contribution is 9.10. The quantitative estimate of drug-likeness (QED) is 0.501. The van der Waals surface area contributed by atoms with Gasteiger partial charge in [-0.15, -0.1) is 0 Å². The number of phenolic OH excluding ortho intramolecular Hbond substituents is 1. The Hall–Kier alpha value is -2.48. The fourth-order valence-electron chi connectivity index (χ4n) is 1.64. The van der Waals surface area contributed by atoms with E-state index in [1.165, 1.54) is 18.2 Å². The number of benzene rings is 2. The lowest BCUT2D eigenvalue weighted by Crippen LogP contribution is -2.14. The predicted molar refractivity (Wildman–Crippen MR) is 76.8 cm³/mol. The summed E-state index contributed by atoms with van der Waals surface area (Å²) >= 11 is 3.06. The molecule has 0 saturated carbocycles. The zero-order valence-corrected chi connectivity index (χ0v) is 11.9. The van der Waals surface area contributed by atoms with Gasteiger partial charge in [0.1, 0.15) is 11.6 Å². The van der Waals surface area contributed by atoms with Crippen molar-refractivity contribution in [2.75, 3.05) is 5.32 Å². The second-order valence-corrected chi connectivity index (χ2v) is 4.86. The summed E-state index contributed by atoms with van der Waals surface area (Å²) in [6.07, 6.45) is 0. The van der Waals surface area contributed by atoms with Gasteiger partial charge >= 0.3 is 0 Å². The van der Waals surface area contributed by atoms with E-state index in [1.807, 2.05) is 0 Å². The fraction of sp³-hybridized carbons (Fsp3) is 0. The Kier molecular flexibility index (Phi) is 4.18. The standard InChI is InChI=1S/C13H8BrFN2O4/c14-8-2-1-3-9(15)12(8)13(19)16-10-5-4-7(17(20)21)6-11(10)18/h1-6,18H,(H,16,19). The molecule has 0 radical (unpaired) electrons. The van der Waals surface area contributed by atoms with Gasteiger partial charge < -0.3 is 10.4 Å². The number of amides is 1. The summed E-state index contributed by atoms with van der Waals surface area (Å²) in [7, 11) is 0. The van der Waals surface area contributed by atoms with Crippen LogP contribution in [0.2, 0.25) is 0 Å². The molecule has 0 unspecified atom stereocenters. The number of rotatable bonds is 3. The first-order valence-corrected chi connectivity index (χ1v) is 6.42. The highest BCUT2D eigenvalue weighted by Crippen LogP contribution is 2.29. The molecule has 0 aliphatic carbocycles. The average Bonchev–Trinajstić information content (AvgIpc) is 2.40. The van der Waals surface area contributed by atoms with Crippen molar-refractivity contribution in [1.82, 2.24) is 0 Å². The zero-order chi connectivity index (χ0) is 15.6. The molecular weight excluding hydrogens is 347 g/mol. The normalized spacial score (nSPS) is 10.2. The van der Waals surface area contributed by atoms with Crippen molar-refractivity contribution < 1.29 is 19.2 Å². The summed E-state index contributed by atoms with van der Waals surface area (Å²) in [5, 5.41) is 22.5. The number of nitro benzene ring substituents is 1. The summed E-state index contributed by atoms with van der Waals surface area (Å²) in [6, 6.07) is 7.22. The number of anilines is 1. The van der Waals surface area contributed by atoms with E-state index in [-0.39, 0.29) is 21.4 Å². The molecule has 6 nitrogen and oxygen atoms in total. The van der Waals surface area contributed by atoms with Crippen molar-refractivity contribution in [3.05, 3.63) is 62.4 Å². The van der Waals surface area contributed by atoms with E-state index in [4.69, 9.17) is 0 Å². The molecule has 2 rings (SSSR count). The zero-order valence-electron chi connectivity index (χ0n) is 10.3. The lowest BCUT2D eigenvalue weighted by atomic mass is 10.2. The van der Waals surface area contributed by atoms with Crippen LogP contribution in [-0.4, -0.2) is 15.9 Å². The van der Waals surface area contributed by atoms with E-state index < -0.39 is 22.4 Å². The Balaban J connectivity index is 2.30. The number of aromatic hydroxyl groups is 1. The van der Waals surface area contributed by atoms with E-state index in [9.17, 15) is 24.4 Å². The number of nitro groups is 1. The maximum Gasteiger partial charge on any atom is 0.273 e. The Bertz CT molecular complexity index is 716. The molecule has 2 N–H and O–H groups in total. The first kappa shape index (κ1) is 14.9. The molecular formula is C13H8BrFN2O4. The van der Waals surface area contributed by atoms with Gasteiger partial charge in [-0.3, -0.25) is 14.9 Å². The third-order valence-corrected chi connectivity index (χ3v) is 3.29. The van der Waals surface area contributed by atoms with Crippen molar-refractivity contribution in [1.29, 1.82) is 0 Å². The first-order valence-electron chi connectivity index (χ1n) is 5.63. The van der Waals surface area contributed by atoms with E-state index in [0.29, 0.717) is 0 Å². The van der Waals surface area contributed by atoms with Crippen molar-refractivity contribution in [3.63, 3.8) is 0 Å². The number of nitrogens with one attached hydrogen (secondary N) is 1. The Morgan fingerprint density at radius 3 is 2.62 bits per heavy atom. The van der Waals surface area contributed by atoms with Gasteiger partial charge in [-0.05, 0) is 34.1 Å². The van der Waals surface area contributed by atoms with Crippen LogP contribution in [0.25, 0.3) is 0 Å². The summed E-state index contributed by atoms with van der Waals surface area (Å²) in [4.78, 5) is 21.9. The lowest BCUT2D eigenvalue weighted by molar-refractivity contribution is -0.384. The van der Waals surface area contributed by atoms with Gasteiger partial charge in [0.05, 0.1) is 22.2 Å². The van der Waals surface area contributed by atoms with Gasteiger partial charge in [0.2, 0.25) is 0 Å². The van der Waals surface area contributed by atoms with Crippen LogP contribution in [0, 0.1) is 15.9 Å². The van der Waals surface area contributed by atoms with Crippen LogP contribution in [0.15, 0.2) is 40.9 Å². The molecule has 0 fully saturated rings. The van der Waals surface area contributed by atoms with Crippen LogP contribution in [-0.2, 0) is 0 Å². The second-order valence-electron chi connectivity index (χ2n) is 4.01. The second kappa shape index (κ2) is 5.88.